The van der Waals surface area contributed by atoms with Crippen molar-refractivity contribution in [1.29, 1.82) is 0 Å². The van der Waals surface area contributed by atoms with Crippen LogP contribution in [0.2, 0.25) is 0 Å². The smallest absolute Gasteiger partial charge is 0.256 e. The van der Waals surface area contributed by atoms with Crippen molar-refractivity contribution in [3.05, 3.63) is 54.1 Å². The van der Waals surface area contributed by atoms with Crippen molar-refractivity contribution in [3.63, 3.8) is 0 Å². The van der Waals surface area contributed by atoms with Crippen molar-refractivity contribution in [2.45, 2.75) is 0 Å². The van der Waals surface area contributed by atoms with E-state index in [1.54, 1.807) is 7.11 Å². The van der Waals surface area contributed by atoms with E-state index in [-0.39, 0.29) is 11.8 Å². The lowest BCUT2D eigenvalue weighted by Gasteiger charge is -2.36. The fraction of sp³-hybridized carbons (Fsp3) is 0.417. The van der Waals surface area contributed by atoms with E-state index in [2.05, 4.69) is 10.2 Å². The number of rotatable bonds is 6. The van der Waals surface area contributed by atoms with E-state index in [1.807, 2.05) is 58.3 Å². The van der Waals surface area contributed by atoms with Gasteiger partial charge in [-0.1, -0.05) is 12.1 Å². The third kappa shape index (κ3) is 5.38. The first-order valence-electron chi connectivity index (χ1n) is 11.0. The number of nitrogens with zero attached hydrogens (tertiary/aromatic N) is 3. The van der Waals surface area contributed by atoms with Crippen LogP contribution in [0.25, 0.3) is 0 Å². The normalized spacial score (nSPS) is 17.2. The summed E-state index contributed by atoms with van der Waals surface area (Å²) < 4.78 is 10.5. The molecule has 0 bridgehead atoms. The summed E-state index contributed by atoms with van der Waals surface area (Å²) in [5.74, 6) is 0.878. The van der Waals surface area contributed by atoms with Crippen LogP contribution in [0.5, 0.6) is 5.75 Å². The first-order chi connectivity index (χ1) is 15.6. The van der Waals surface area contributed by atoms with E-state index in [0.717, 1.165) is 30.2 Å². The van der Waals surface area contributed by atoms with Crippen molar-refractivity contribution >= 4 is 23.2 Å². The summed E-state index contributed by atoms with van der Waals surface area (Å²) in [4.78, 5) is 31.7. The number of morpholine rings is 1. The summed E-state index contributed by atoms with van der Waals surface area (Å²) in [5, 5.41) is 3.33. The fourth-order valence-electron chi connectivity index (χ4n) is 3.99. The number of hydrogen-bond acceptors (Lipinski definition) is 6. The van der Waals surface area contributed by atoms with Crippen LogP contribution < -0.4 is 10.1 Å². The van der Waals surface area contributed by atoms with E-state index in [1.165, 1.54) is 0 Å². The van der Waals surface area contributed by atoms with E-state index in [4.69, 9.17) is 9.47 Å². The van der Waals surface area contributed by atoms with Gasteiger partial charge in [0.25, 0.3) is 5.91 Å². The Kier molecular flexibility index (Phi) is 7.24. The lowest BCUT2D eigenvalue weighted by molar-refractivity contribution is -0.134. The number of anilines is 2. The molecule has 32 heavy (non-hydrogen) atoms. The number of nitrogens with one attached hydrogen (secondary N) is 1. The molecule has 4 rings (SSSR count). The number of carbonyl (C=O) groups excluding carboxylic acids is 2. The van der Waals surface area contributed by atoms with Crippen LogP contribution in [0.15, 0.2) is 48.5 Å². The van der Waals surface area contributed by atoms with E-state index in [0.29, 0.717) is 51.5 Å². The number of ether oxygens (including phenoxy) is 2. The van der Waals surface area contributed by atoms with Gasteiger partial charge >= 0.3 is 0 Å². The summed E-state index contributed by atoms with van der Waals surface area (Å²) in [6.45, 7) is 5.55. The molecular weight excluding hydrogens is 408 g/mol. The maximum atomic E-state index is 13.2. The van der Waals surface area contributed by atoms with Gasteiger partial charge in [0, 0.05) is 45.0 Å². The molecule has 0 atom stereocenters. The second kappa shape index (κ2) is 10.5. The number of piperazine rings is 1. The summed E-state index contributed by atoms with van der Waals surface area (Å²) >= 11 is 0. The Labute approximate surface area is 188 Å². The molecule has 8 nitrogen and oxygen atoms in total. The van der Waals surface area contributed by atoms with E-state index >= 15 is 0 Å². The van der Waals surface area contributed by atoms with Crippen molar-refractivity contribution in [1.82, 2.24) is 14.7 Å². The average molecular weight is 439 g/mol. The Bertz CT molecular complexity index is 920. The Morgan fingerprint density at radius 1 is 0.906 bits per heavy atom. The number of benzene rings is 2. The summed E-state index contributed by atoms with van der Waals surface area (Å²) in [6, 6.07) is 15.1. The third-order valence-corrected chi connectivity index (χ3v) is 5.91. The number of amides is 2. The van der Waals surface area contributed by atoms with Crippen molar-refractivity contribution in [3.8, 4) is 5.75 Å². The molecule has 8 heteroatoms. The van der Waals surface area contributed by atoms with Crippen LogP contribution in [0.3, 0.4) is 0 Å². The van der Waals surface area contributed by atoms with Crippen molar-refractivity contribution in [2.24, 2.45) is 0 Å². The topological polar surface area (TPSA) is 74.4 Å². The number of methoxy groups -OCH3 is 1. The molecule has 0 saturated carbocycles. The van der Waals surface area contributed by atoms with Gasteiger partial charge in [-0.05, 0) is 36.4 Å². The van der Waals surface area contributed by atoms with Gasteiger partial charge in [-0.25, -0.2) is 0 Å². The molecule has 2 saturated heterocycles. The van der Waals surface area contributed by atoms with E-state index in [9.17, 15) is 9.59 Å². The predicted octanol–water partition coefficient (Wildman–Crippen LogP) is 2.06. The second-order valence-corrected chi connectivity index (χ2v) is 7.96. The van der Waals surface area contributed by atoms with Gasteiger partial charge in [-0.2, -0.15) is 0 Å². The van der Waals surface area contributed by atoms with Gasteiger partial charge in [0.05, 0.1) is 38.1 Å². The molecule has 0 spiro atoms. The zero-order valence-electron chi connectivity index (χ0n) is 18.5. The van der Waals surface area contributed by atoms with Crippen LogP contribution in [0, 0.1) is 0 Å². The van der Waals surface area contributed by atoms with Gasteiger partial charge in [0.2, 0.25) is 5.91 Å². The molecule has 2 heterocycles. The first-order valence-corrected chi connectivity index (χ1v) is 11.0. The van der Waals surface area contributed by atoms with E-state index < -0.39 is 0 Å². The standard InChI is InChI=1S/C24H30N4O4/c1-31-20-8-6-19(7-9-20)25-22-5-3-2-4-21(22)24(30)28-12-10-27(11-13-28)23(29)18-26-14-16-32-17-15-26/h2-9,25H,10-18H2,1H3. The first kappa shape index (κ1) is 22.1. The highest BCUT2D eigenvalue weighted by molar-refractivity contribution is 6.00. The molecule has 2 aliphatic rings. The van der Waals surface area contributed by atoms with Crippen LogP contribution in [0.4, 0.5) is 11.4 Å². The third-order valence-electron chi connectivity index (χ3n) is 5.91. The van der Waals surface area contributed by atoms with Gasteiger partial charge < -0.3 is 24.6 Å². The molecular formula is C24H30N4O4. The zero-order chi connectivity index (χ0) is 22.3. The fourth-order valence-corrected chi connectivity index (χ4v) is 3.99. The van der Waals surface area contributed by atoms with Crippen LogP contribution in [-0.4, -0.2) is 92.7 Å². The summed E-state index contributed by atoms with van der Waals surface area (Å²) in [7, 11) is 1.63. The molecule has 170 valence electrons. The SMILES string of the molecule is COc1ccc(Nc2ccccc2C(=O)N2CCN(C(=O)CN3CCOCC3)CC2)cc1. The Balaban J connectivity index is 1.35. The molecule has 2 amide bonds. The largest absolute Gasteiger partial charge is 0.497 e. The van der Waals surface area contributed by atoms with Gasteiger partial charge in [-0.15, -0.1) is 0 Å². The van der Waals surface area contributed by atoms with Gasteiger partial charge in [-0.3, -0.25) is 14.5 Å². The molecule has 0 radical (unpaired) electrons. The minimum absolute atomic E-state index is 0.0260. The molecule has 0 aromatic heterocycles. The Morgan fingerprint density at radius 2 is 1.56 bits per heavy atom. The summed E-state index contributed by atoms with van der Waals surface area (Å²) in [6.07, 6.45) is 0. The van der Waals surface area contributed by atoms with Crippen molar-refractivity contribution < 1.29 is 19.1 Å². The maximum Gasteiger partial charge on any atom is 0.256 e. The molecule has 2 aromatic carbocycles. The van der Waals surface area contributed by atoms with Crippen LogP contribution in [-0.2, 0) is 9.53 Å². The highest BCUT2D eigenvalue weighted by Crippen LogP contribution is 2.24. The monoisotopic (exact) mass is 438 g/mol. The highest BCUT2D eigenvalue weighted by Gasteiger charge is 2.27. The predicted molar refractivity (Wildman–Crippen MR) is 122 cm³/mol. The van der Waals surface area contributed by atoms with Crippen molar-refractivity contribution in [2.75, 3.05) is 71.5 Å². The van der Waals surface area contributed by atoms with Gasteiger partial charge in [0.15, 0.2) is 0 Å². The molecule has 0 unspecified atom stereocenters. The average Bonchev–Trinajstić information content (AvgIpc) is 2.85. The Morgan fingerprint density at radius 3 is 2.25 bits per heavy atom. The molecule has 2 aromatic rings. The quantitative estimate of drug-likeness (QED) is 0.744. The number of para-hydroxylation sites is 1. The number of carbonyl (C=O) groups is 2. The van der Waals surface area contributed by atoms with Crippen LogP contribution >= 0.6 is 0 Å². The highest BCUT2D eigenvalue weighted by atomic mass is 16.5. The lowest BCUT2D eigenvalue weighted by atomic mass is 10.1. The maximum absolute atomic E-state index is 13.2. The van der Waals surface area contributed by atoms with Gasteiger partial charge in [0.1, 0.15) is 5.75 Å². The molecule has 2 fully saturated rings. The number of hydrogen-bond donors (Lipinski definition) is 1. The molecule has 1 N–H and O–H groups in total. The lowest BCUT2D eigenvalue weighted by Crippen LogP contribution is -2.53. The summed E-state index contributed by atoms with van der Waals surface area (Å²) in [5.41, 5.74) is 2.26. The Hall–Kier alpha value is -3.10. The minimum Gasteiger partial charge on any atom is -0.497 e. The van der Waals surface area contributed by atoms with Crippen LogP contribution in [0.1, 0.15) is 10.4 Å². The molecule has 0 aliphatic carbocycles. The minimum atomic E-state index is -0.0260. The zero-order valence-corrected chi connectivity index (χ0v) is 18.5. The second-order valence-electron chi connectivity index (χ2n) is 7.96. The molecule has 2 aliphatic heterocycles.